The first-order valence-electron chi connectivity index (χ1n) is 5.68. The van der Waals surface area contributed by atoms with Crippen LogP contribution in [0, 0.1) is 0 Å². The fourth-order valence-corrected chi connectivity index (χ4v) is 1.51. The van der Waals surface area contributed by atoms with Crippen molar-refractivity contribution in [2.75, 3.05) is 13.1 Å². The Bertz CT molecular complexity index is 339. The molecule has 4 nitrogen and oxygen atoms in total. The lowest BCUT2D eigenvalue weighted by Gasteiger charge is -2.07. The van der Waals surface area contributed by atoms with Crippen molar-refractivity contribution in [2.24, 2.45) is 0 Å². The predicted octanol–water partition coefficient (Wildman–Crippen LogP) is 0.870. The molecule has 0 saturated carbocycles. The Morgan fingerprint density at radius 3 is 2.94 bits per heavy atom. The van der Waals surface area contributed by atoms with Crippen molar-refractivity contribution in [3.63, 3.8) is 0 Å². The van der Waals surface area contributed by atoms with Gasteiger partial charge in [0.1, 0.15) is 0 Å². The molecule has 1 rings (SSSR count). The molecule has 1 aromatic heterocycles. The third-order valence-electron chi connectivity index (χ3n) is 2.32. The lowest BCUT2D eigenvalue weighted by molar-refractivity contribution is -0.120. The van der Waals surface area contributed by atoms with Crippen LogP contribution in [-0.2, 0) is 17.8 Å². The summed E-state index contributed by atoms with van der Waals surface area (Å²) in [4.78, 5) is 15.5. The number of aryl methyl sites for hydroxylation is 1. The summed E-state index contributed by atoms with van der Waals surface area (Å²) in [5.74, 6) is 0.0245. The van der Waals surface area contributed by atoms with Crippen LogP contribution < -0.4 is 10.6 Å². The fourth-order valence-electron chi connectivity index (χ4n) is 1.51. The third kappa shape index (κ3) is 3.98. The molecule has 0 saturated heterocycles. The molecule has 2 N–H and O–H groups in total. The molecule has 1 aromatic rings. The van der Waals surface area contributed by atoms with E-state index in [0.29, 0.717) is 19.6 Å². The summed E-state index contributed by atoms with van der Waals surface area (Å²) < 4.78 is 0. The minimum absolute atomic E-state index is 0.0245. The van der Waals surface area contributed by atoms with Crippen molar-refractivity contribution in [3.05, 3.63) is 29.6 Å². The van der Waals surface area contributed by atoms with Crippen LogP contribution in [0.5, 0.6) is 0 Å². The highest BCUT2D eigenvalue weighted by atomic mass is 16.1. The molecule has 0 unspecified atom stereocenters. The van der Waals surface area contributed by atoms with Crippen LogP contribution in [0.1, 0.15) is 25.1 Å². The predicted molar refractivity (Wildman–Crippen MR) is 64.0 cm³/mol. The minimum Gasteiger partial charge on any atom is -0.355 e. The number of rotatable bonds is 6. The molecule has 16 heavy (non-hydrogen) atoms. The van der Waals surface area contributed by atoms with E-state index in [1.807, 2.05) is 13.0 Å². The Balaban J connectivity index is 2.39. The number of nitrogens with one attached hydrogen (secondary N) is 2. The topological polar surface area (TPSA) is 54.0 Å². The van der Waals surface area contributed by atoms with E-state index in [1.54, 1.807) is 6.20 Å². The van der Waals surface area contributed by atoms with Gasteiger partial charge in [-0.1, -0.05) is 13.0 Å². The quantitative estimate of drug-likeness (QED) is 0.749. The monoisotopic (exact) mass is 221 g/mol. The average molecular weight is 221 g/mol. The van der Waals surface area contributed by atoms with E-state index >= 15 is 0 Å². The molecule has 0 aliphatic heterocycles. The highest BCUT2D eigenvalue weighted by Crippen LogP contribution is 2.05. The second-order valence-electron chi connectivity index (χ2n) is 3.52. The van der Waals surface area contributed by atoms with E-state index in [1.165, 1.54) is 5.56 Å². The van der Waals surface area contributed by atoms with E-state index < -0.39 is 0 Å². The molecular formula is C12H19N3O. The molecule has 1 amide bonds. The normalized spacial score (nSPS) is 10.1. The Kier molecular flexibility index (Phi) is 5.50. The summed E-state index contributed by atoms with van der Waals surface area (Å²) in [6, 6.07) is 4.00. The second-order valence-corrected chi connectivity index (χ2v) is 3.52. The summed E-state index contributed by atoms with van der Waals surface area (Å²) in [6.07, 6.45) is 2.74. The second kappa shape index (κ2) is 6.95. The number of aromatic nitrogens is 1. The molecule has 0 fully saturated rings. The first kappa shape index (κ1) is 12.6. The van der Waals surface area contributed by atoms with Crippen LogP contribution in [0.15, 0.2) is 18.3 Å². The molecule has 0 spiro atoms. The van der Waals surface area contributed by atoms with Gasteiger partial charge in [0.05, 0.1) is 12.2 Å². The molecule has 0 aliphatic rings. The largest absolute Gasteiger partial charge is 0.355 e. The van der Waals surface area contributed by atoms with Gasteiger partial charge in [0, 0.05) is 19.3 Å². The molecule has 0 atom stereocenters. The van der Waals surface area contributed by atoms with Gasteiger partial charge in [-0.15, -0.1) is 0 Å². The zero-order valence-corrected chi connectivity index (χ0v) is 9.92. The number of nitrogens with zero attached hydrogens (tertiary/aromatic N) is 1. The van der Waals surface area contributed by atoms with Crippen LogP contribution in [0.25, 0.3) is 0 Å². The van der Waals surface area contributed by atoms with Crippen LogP contribution in [0.4, 0.5) is 0 Å². The van der Waals surface area contributed by atoms with Gasteiger partial charge in [-0.3, -0.25) is 9.78 Å². The maximum Gasteiger partial charge on any atom is 0.233 e. The van der Waals surface area contributed by atoms with Gasteiger partial charge < -0.3 is 10.6 Å². The molecule has 0 radical (unpaired) electrons. The first-order chi connectivity index (χ1) is 7.77. The highest BCUT2D eigenvalue weighted by molar-refractivity contribution is 5.77. The number of carbonyl (C=O) groups is 1. The third-order valence-corrected chi connectivity index (χ3v) is 2.32. The molecular weight excluding hydrogens is 202 g/mol. The number of likely N-dealkylation sites (N-methyl/N-ethyl adjacent to an activating group) is 1. The molecule has 0 aliphatic carbocycles. The average Bonchev–Trinajstić information content (AvgIpc) is 2.30. The van der Waals surface area contributed by atoms with E-state index in [2.05, 4.69) is 28.6 Å². The zero-order chi connectivity index (χ0) is 11.8. The van der Waals surface area contributed by atoms with Gasteiger partial charge in [-0.05, 0) is 25.0 Å². The van der Waals surface area contributed by atoms with E-state index in [0.717, 1.165) is 12.1 Å². The zero-order valence-electron chi connectivity index (χ0n) is 9.92. The SMILES string of the molecule is CCNC(=O)CNCc1ncccc1CC. The van der Waals surface area contributed by atoms with Crippen molar-refractivity contribution in [2.45, 2.75) is 26.8 Å². The molecule has 88 valence electrons. The Morgan fingerprint density at radius 1 is 1.44 bits per heavy atom. The Labute approximate surface area is 96.5 Å². The van der Waals surface area contributed by atoms with Crippen molar-refractivity contribution < 1.29 is 4.79 Å². The Morgan fingerprint density at radius 2 is 2.25 bits per heavy atom. The van der Waals surface area contributed by atoms with Crippen molar-refractivity contribution in [1.29, 1.82) is 0 Å². The maximum absolute atomic E-state index is 11.2. The molecule has 0 bridgehead atoms. The van der Waals surface area contributed by atoms with Crippen molar-refractivity contribution >= 4 is 5.91 Å². The summed E-state index contributed by atoms with van der Waals surface area (Å²) >= 11 is 0. The van der Waals surface area contributed by atoms with E-state index in [4.69, 9.17) is 0 Å². The van der Waals surface area contributed by atoms with Gasteiger partial charge in [0.2, 0.25) is 5.91 Å². The molecule has 0 aromatic carbocycles. The fraction of sp³-hybridized carbons (Fsp3) is 0.500. The number of amides is 1. The summed E-state index contributed by atoms with van der Waals surface area (Å²) in [5, 5.41) is 5.82. The van der Waals surface area contributed by atoms with Crippen molar-refractivity contribution in [1.82, 2.24) is 15.6 Å². The lowest BCUT2D eigenvalue weighted by atomic mass is 10.1. The Hall–Kier alpha value is -1.42. The van der Waals surface area contributed by atoms with Crippen LogP contribution in [-0.4, -0.2) is 24.0 Å². The van der Waals surface area contributed by atoms with Crippen LogP contribution >= 0.6 is 0 Å². The molecule has 4 heteroatoms. The van der Waals surface area contributed by atoms with Gasteiger partial charge in [0.15, 0.2) is 0 Å². The van der Waals surface area contributed by atoms with Crippen molar-refractivity contribution in [3.8, 4) is 0 Å². The summed E-state index contributed by atoms with van der Waals surface area (Å²) in [7, 11) is 0. The highest BCUT2D eigenvalue weighted by Gasteiger charge is 2.02. The molecule has 1 heterocycles. The minimum atomic E-state index is 0.0245. The number of hydrogen-bond acceptors (Lipinski definition) is 3. The standard InChI is InChI=1S/C12H19N3O/c1-3-10-6-5-7-15-11(10)8-13-9-12(16)14-4-2/h5-7,13H,3-4,8-9H2,1-2H3,(H,14,16). The number of hydrogen-bond donors (Lipinski definition) is 2. The summed E-state index contributed by atoms with van der Waals surface area (Å²) in [6.45, 7) is 5.66. The summed E-state index contributed by atoms with van der Waals surface area (Å²) in [5.41, 5.74) is 2.25. The van der Waals surface area contributed by atoms with Gasteiger partial charge in [-0.25, -0.2) is 0 Å². The maximum atomic E-state index is 11.2. The first-order valence-corrected chi connectivity index (χ1v) is 5.68. The van der Waals surface area contributed by atoms with Gasteiger partial charge in [-0.2, -0.15) is 0 Å². The smallest absolute Gasteiger partial charge is 0.233 e. The lowest BCUT2D eigenvalue weighted by Crippen LogP contribution is -2.33. The number of pyridine rings is 1. The van der Waals surface area contributed by atoms with Gasteiger partial charge in [0.25, 0.3) is 0 Å². The van der Waals surface area contributed by atoms with Crippen LogP contribution in [0.3, 0.4) is 0 Å². The van der Waals surface area contributed by atoms with E-state index in [-0.39, 0.29) is 5.91 Å². The van der Waals surface area contributed by atoms with E-state index in [9.17, 15) is 4.79 Å². The number of carbonyl (C=O) groups excluding carboxylic acids is 1. The van der Waals surface area contributed by atoms with Gasteiger partial charge >= 0.3 is 0 Å². The van der Waals surface area contributed by atoms with Crippen LogP contribution in [0.2, 0.25) is 0 Å².